The van der Waals surface area contributed by atoms with Gasteiger partial charge in [-0.2, -0.15) is 0 Å². The largest absolute Gasteiger partial charge is 0.361 e. The highest BCUT2D eigenvalue weighted by Crippen LogP contribution is 2.27. The van der Waals surface area contributed by atoms with Crippen molar-refractivity contribution in [3.8, 4) is 0 Å². The fraction of sp³-hybridized carbons (Fsp3) is 0.667. The highest BCUT2D eigenvalue weighted by Gasteiger charge is 2.21. The summed E-state index contributed by atoms with van der Waals surface area (Å²) >= 11 is 1.66. The maximum absolute atomic E-state index is 5.33. The van der Waals surface area contributed by atoms with E-state index in [9.17, 15) is 0 Å². The Hall–Kier alpha value is -1.05. The predicted octanol–water partition coefficient (Wildman–Crippen LogP) is 3.11. The topological polar surface area (TPSA) is 68.8 Å². The average Bonchev–Trinajstić information content (AvgIpc) is 3.13. The lowest BCUT2D eigenvalue weighted by atomic mass is 9.99. The van der Waals surface area contributed by atoms with Crippen LogP contribution in [0.25, 0.3) is 0 Å². The van der Waals surface area contributed by atoms with E-state index in [1.165, 1.54) is 12.8 Å². The Balaban J connectivity index is 0.00000192. The van der Waals surface area contributed by atoms with Crippen molar-refractivity contribution in [2.24, 2.45) is 7.05 Å². The Bertz CT molecular complexity index is 621. The molecule has 0 saturated carbocycles. The number of nitrogens with one attached hydrogen (secondary N) is 1. The zero-order chi connectivity index (χ0) is 15.5. The van der Waals surface area contributed by atoms with Gasteiger partial charge in [0.2, 0.25) is 0 Å². The third-order valence-electron chi connectivity index (χ3n) is 4.03. The molecule has 3 rings (SSSR count). The number of piperidine rings is 1. The molecule has 1 fully saturated rings. The van der Waals surface area contributed by atoms with E-state index in [1.54, 1.807) is 11.8 Å². The first-order valence-electron chi connectivity index (χ1n) is 7.83. The monoisotopic (exact) mass is 357 g/mol. The predicted molar refractivity (Wildman–Crippen MR) is 93.2 cm³/mol. The van der Waals surface area contributed by atoms with Gasteiger partial charge in [0.05, 0.1) is 5.69 Å². The van der Waals surface area contributed by atoms with Gasteiger partial charge in [0, 0.05) is 37.2 Å². The quantitative estimate of drug-likeness (QED) is 0.829. The first kappa shape index (κ1) is 18.3. The highest BCUT2D eigenvalue weighted by molar-refractivity contribution is 7.98. The molecule has 1 N–H and O–H groups in total. The van der Waals surface area contributed by atoms with Gasteiger partial charge in [-0.15, -0.1) is 22.6 Å². The fourth-order valence-electron chi connectivity index (χ4n) is 2.69. The van der Waals surface area contributed by atoms with E-state index in [0.717, 1.165) is 41.3 Å². The number of thioether (sulfide) groups is 1. The molecule has 1 aliphatic heterocycles. The molecule has 1 aliphatic rings. The summed E-state index contributed by atoms with van der Waals surface area (Å²) in [5, 5.41) is 17.2. The van der Waals surface area contributed by atoms with Crippen molar-refractivity contribution >= 4 is 24.2 Å². The van der Waals surface area contributed by atoms with Crippen LogP contribution < -0.4 is 5.32 Å². The van der Waals surface area contributed by atoms with Crippen LogP contribution in [0.3, 0.4) is 0 Å². The van der Waals surface area contributed by atoms with E-state index < -0.39 is 0 Å². The summed E-state index contributed by atoms with van der Waals surface area (Å²) in [5.74, 6) is 3.61. The summed E-state index contributed by atoms with van der Waals surface area (Å²) in [6.07, 6.45) is 2.39. The number of nitrogens with zero attached hydrogens (tertiary/aromatic N) is 4. The third kappa shape index (κ3) is 4.28. The Labute approximate surface area is 147 Å². The Morgan fingerprint density at radius 1 is 1.43 bits per heavy atom. The minimum Gasteiger partial charge on any atom is -0.361 e. The standard InChI is InChI=1S/C15H23N5OS.ClH/c1-10(2)13-7-12(19-21-13)9-22-15-18-17-14(20(15)3)11-5-4-6-16-8-11;/h7,10-11,16H,4-6,8-9H2,1-3H3;1H. The summed E-state index contributed by atoms with van der Waals surface area (Å²) in [6.45, 7) is 6.31. The highest BCUT2D eigenvalue weighted by atomic mass is 35.5. The summed E-state index contributed by atoms with van der Waals surface area (Å²) in [4.78, 5) is 0. The zero-order valence-corrected chi connectivity index (χ0v) is 15.4. The first-order valence-corrected chi connectivity index (χ1v) is 8.82. The van der Waals surface area contributed by atoms with Gasteiger partial charge in [-0.05, 0) is 19.4 Å². The van der Waals surface area contributed by atoms with Crippen LogP contribution in [0.1, 0.15) is 55.8 Å². The molecule has 1 saturated heterocycles. The van der Waals surface area contributed by atoms with Crippen LogP contribution in [0, 0.1) is 0 Å². The van der Waals surface area contributed by atoms with Crippen LogP contribution >= 0.6 is 24.2 Å². The summed E-state index contributed by atoms with van der Waals surface area (Å²) in [5.41, 5.74) is 0.956. The lowest BCUT2D eigenvalue weighted by molar-refractivity contribution is 0.367. The minimum absolute atomic E-state index is 0. The Morgan fingerprint density at radius 2 is 2.26 bits per heavy atom. The molecule has 0 aromatic carbocycles. The molecule has 6 nitrogen and oxygen atoms in total. The van der Waals surface area contributed by atoms with Gasteiger partial charge in [0.25, 0.3) is 0 Å². The maximum Gasteiger partial charge on any atom is 0.191 e. The number of rotatable bonds is 5. The third-order valence-corrected chi connectivity index (χ3v) is 5.08. The zero-order valence-electron chi connectivity index (χ0n) is 13.8. The van der Waals surface area contributed by atoms with Crippen LogP contribution in [-0.2, 0) is 12.8 Å². The molecule has 0 bridgehead atoms. The number of hydrogen-bond acceptors (Lipinski definition) is 6. The minimum atomic E-state index is 0. The lowest BCUT2D eigenvalue weighted by Gasteiger charge is -2.21. The second kappa shape index (κ2) is 8.17. The molecule has 1 atom stereocenters. The van der Waals surface area contributed by atoms with E-state index in [0.29, 0.717) is 11.8 Å². The van der Waals surface area contributed by atoms with E-state index in [-0.39, 0.29) is 12.4 Å². The SMILES string of the molecule is CC(C)c1cc(CSc2nnc(C3CCCNC3)n2C)no1.Cl. The molecular weight excluding hydrogens is 334 g/mol. The second-order valence-electron chi connectivity index (χ2n) is 6.11. The molecule has 2 aromatic heterocycles. The van der Waals surface area contributed by atoms with E-state index >= 15 is 0 Å². The van der Waals surface area contributed by atoms with E-state index in [1.807, 2.05) is 6.07 Å². The Morgan fingerprint density at radius 3 is 2.91 bits per heavy atom. The van der Waals surface area contributed by atoms with Crippen molar-refractivity contribution in [1.82, 2.24) is 25.2 Å². The normalized spacial score (nSPS) is 18.2. The maximum atomic E-state index is 5.33. The van der Waals surface area contributed by atoms with Crippen molar-refractivity contribution in [1.29, 1.82) is 0 Å². The molecule has 0 amide bonds. The molecule has 128 valence electrons. The summed E-state index contributed by atoms with van der Waals surface area (Å²) in [6, 6.07) is 2.03. The van der Waals surface area contributed by atoms with Gasteiger partial charge in [0.1, 0.15) is 11.6 Å². The summed E-state index contributed by atoms with van der Waals surface area (Å²) in [7, 11) is 2.05. The van der Waals surface area contributed by atoms with Crippen molar-refractivity contribution in [3.05, 3.63) is 23.3 Å². The smallest absolute Gasteiger partial charge is 0.191 e. The van der Waals surface area contributed by atoms with Crippen molar-refractivity contribution in [3.63, 3.8) is 0 Å². The molecule has 2 aromatic rings. The van der Waals surface area contributed by atoms with Crippen LogP contribution in [0.4, 0.5) is 0 Å². The number of hydrogen-bond donors (Lipinski definition) is 1. The summed E-state index contributed by atoms with van der Waals surface area (Å²) < 4.78 is 7.45. The molecule has 23 heavy (non-hydrogen) atoms. The lowest BCUT2D eigenvalue weighted by Crippen LogP contribution is -2.29. The second-order valence-corrected chi connectivity index (χ2v) is 7.05. The van der Waals surface area contributed by atoms with Crippen molar-refractivity contribution in [2.45, 2.75) is 49.4 Å². The Kier molecular flexibility index (Phi) is 6.50. The van der Waals surface area contributed by atoms with Crippen molar-refractivity contribution in [2.75, 3.05) is 13.1 Å². The van der Waals surface area contributed by atoms with Crippen molar-refractivity contribution < 1.29 is 4.52 Å². The average molecular weight is 358 g/mol. The van der Waals surface area contributed by atoms with E-state index in [4.69, 9.17) is 4.52 Å². The fourth-order valence-corrected chi connectivity index (χ4v) is 3.49. The first-order chi connectivity index (χ1) is 10.6. The van der Waals surface area contributed by atoms with E-state index in [2.05, 4.69) is 46.1 Å². The number of aromatic nitrogens is 4. The van der Waals surface area contributed by atoms with Crippen LogP contribution in [-0.4, -0.2) is 33.0 Å². The molecule has 0 spiro atoms. The molecule has 1 unspecified atom stereocenters. The van der Waals surface area contributed by atoms with Gasteiger partial charge in [-0.1, -0.05) is 30.8 Å². The van der Waals surface area contributed by atoms with Gasteiger partial charge in [-0.3, -0.25) is 0 Å². The van der Waals surface area contributed by atoms with Crippen LogP contribution in [0.5, 0.6) is 0 Å². The molecular formula is C15H24ClN5OS. The van der Waals surface area contributed by atoms with Gasteiger partial charge in [-0.25, -0.2) is 0 Å². The molecule has 0 aliphatic carbocycles. The molecule has 0 radical (unpaired) electrons. The van der Waals surface area contributed by atoms with Gasteiger partial charge < -0.3 is 14.4 Å². The van der Waals surface area contributed by atoms with Crippen LogP contribution in [0.2, 0.25) is 0 Å². The van der Waals surface area contributed by atoms with Crippen LogP contribution in [0.15, 0.2) is 15.7 Å². The van der Waals surface area contributed by atoms with Gasteiger partial charge >= 0.3 is 0 Å². The molecule has 3 heterocycles. The molecule has 8 heteroatoms. The number of halogens is 1. The van der Waals surface area contributed by atoms with Gasteiger partial charge in [0.15, 0.2) is 5.16 Å².